The molecule has 1 aromatic rings. The Morgan fingerprint density at radius 1 is 1.33 bits per heavy atom. The molecule has 1 atom stereocenters. The van der Waals surface area contributed by atoms with Crippen LogP contribution in [0.2, 0.25) is 0 Å². The number of benzene rings is 1. The van der Waals surface area contributed by atoms with Crippen molar-refractivity contribution >= 4 is 0 Å². The lowest BCUT2D eigenvalue weighted by atomic mass is 10.1. The first kappa shape index (κ1) is 14.9. The van der Waals surface area contributed by atoms with Crippen molar-refractivity contribution in [1.29, 1.82) is 0 Å². The van der Waals surface area contributed by atoms with Crippen molar-refractivity contribution in [2.24, 2.45) is 0 Å². The molecular weight excluding hydrogens is 250 g/mol. The molecule has 0 spiro atoms. The molecule has 6 heteroatoms. The fourth-order valence-electron chi connectivity index (χ4n) is 1.50. The maximum atomic E-state index is 13.0. The number of hydrogen-bond acceptors (Lipinski definition) is 2. The number of hydrogen-bond donors (Lipinski definition) is 1. The molecule has 18 heavy (non-hydrogen) atoms. The van der Waals surface area contributed by atoms with Crippen molar-refractivity contribution in [3.05, 3.63) is 35.1 Å². The third-order valence-corrected chi connectivity index (χ3v) is 2.41. The molecule has 0 fully saturated rings. The van der Waals surface area contributed by atoms with Gasteiger partial charge in [0.25, 0.3) is 0 Å². The SMILES string of the molecule is COCC(C)NCc1ccc(F)c(C(F)(F)F)c1. The lowest BCUT2D eigenvalue weighted by molar-refractivity contribution is -0.140. The average molecular weight is 265 g/mol. The van der Waals surface area contributed by atoms with E-state index >= 15 is 0 Å². The Morgan fingerprint density at radius 2 is 2.00 bits per heavy atom. The van der Waals surface area contributed by atoms with E-state index in [1.807, 2.05) is 6.92 Å². The summed E-state index contributed by atoms with van der Waals surface area (Å²) in [6.07, 6.45) is -4.67. The summed E-state index contributed by atoms with van der Waals surface area (Å²) in [6.45, 7) is 2.53. The molecule has 1 N–H and O–H groups in total. The van der Waals surface area contributed by atoms with Gasteiger partial charge in [-0.25, -0.2) is 4.39 Å². The minimum Gasteiger partial charge on any atom is -0.383 e. The molecule has 0 heterocycles. The molecule has 0 amide bonds. The lowest BCUT2D eigenvalue weighted by Gasteiger charge is -2.14. The number of halogens is 4. The quantitative estimate of drug-likeness (QED) is 0.826. The second-order valence-corrected chi connectivity index (χ2v) is 4.05. The van der Waals surface area contributed by atoms with Crippen LogP contribution in [-0.2, 0) is 17.5 Å². The first-order valence-corrected chi connectivity index (χ1v) is 5.42. The highest BCUT2D eigenvalue weighted by Gasteiger charge is 2.34. The van der Waals surface area contributed by atoms with Crippen molar-refractivity contribution in [1.82, 2.24) is 5.32 Å². The first-order valence-electron chi connectivity index (χ1n) is 5.42. The van der Waals surface area contributed by atoms with Crippen LogP contribution in [0.4, 0.5) is 17.6 Å². The lowest BCUT2D eigenvalue weighted by Crippen LogP contribution is -2.29. The van der Waals surface area contributed by atoms with Gasteiger partial charge < -0.3 is 10.1 Å². The van der Waals surface area contributed by atoms with Gasteiger partial charge in [-0.15, -0.1) is 0 Å². The molecule has 0 radical (unpaired) electrons. The van der Waals surface area contributed by atoms with Crippen molar-refractivity contribution in [2.75, 3.05) is 13.7 Å². The largest absolute Gasteiger partial charge is 0.419 e. The van der Waals surface area contributed by atoms with Crippen LogP contribution in [-0.4, -0.2) is 19.8 Å². The summed E-state index contributed by atoms with van der Waals surface area (Å²) in [4.78, 5) is 0. The molecule has 1 rings (SSSR count). The minimum atomic E-state index is -4.67. The number of methoxy groups -OCH3 is 1. The maximum absolute atomic E-state index is 13.0. The molecule has 0 aliphatic rings. The normalized spacial score (nSPS) is 13.7. The number of ether oxygens (including phenoxy) is 1. The predicted octanol–water partition coefficient (Wildman–Crippen LogP) is 2.97. The number of nitrogens with one attached hydrogen (secondary N) is 1. The van der Waals surface area contributed by atoms with E-state index in [0.717, 1.165) is 12.1 Å². The van der Waals surface area contributed by atoms with Gasteiger partial charge in [-0.3, -0.25) is 0 Å². The zero-order valence-corrected chi connectivity index (χ0v) is 10.1. The molecule has 0 aromatic heterocycles. The van der Waals surface area contributed by atoms with E-state index in [-0.39, 0.29) is 12.6 Å². The fraction of sp³-hybridized carbons (Fsp3) is 0.500. The summed E-state index contributed by atoms with van der Waals surface area (Å²) in [7, 11) is 1.54. The van der Waals surface area contributed by atoms with Crippen molar-refractivity contribution in [3.63, 3.8) is 0 Å². The van der Waals surface area contributed by atoms with Gasteiger partial charge in [0, 0.05) is 19.7 Å². The molecule has 102 valence electrons. The van der Waals surface area contributed by atoms with Crippen LogP contribution in [0.15, 0.2) is 18.2 Å². The van der Waals surface area contributed by atoms with E-state index in [9.17, 15) is 17.6 Å². The zero-order chi connectivity index (χ0) is 13.8. The second kappa shape index (κ2) is 6.15. The highest BCUT2D eigenvalue weighted by Crippen LogP contribution is 2.31. The molecule has 0 aliphatic carbocycles. The molecule has 0 saturated carbocycles. The molecule has 0 aliphatic heterocycles. The highest BCUT2D eigenvalue weighted by molar-refractivity contribution is 5.27. The summed E-state index contributed by atoms with van der Waals surface area (Å²) in [5.74, 6) is -1.25. The average Bonchev–Trinajstić information content (AvgIpc) is 2.27. The molecule has 0 saturated heterocycles. The van der Waals surface area contributed by atoms with Crippen molar-refractivity contribution < 1.29 is 22.3 Å². The van der Waals surface area contributed by atoms with Gasteiger partial charge in [-0.1, -0.05) is 6.07 Å². The van der Waals surface area contributed by atoms with E-state index in [2.05, 4.69) is 5.32 Å². The molecule has 1 unspecified atom stereocenters. The Hall–Kier alpha value is -1.14. The van der Waals surface area contributed by atoms with Gasteiger partial charge in [-0.05, 0) is 24.6 Å². The Labute approximate surface area is 103 Å². The van der Waals surface area contributed by atoms with Crippen LogP contribution >= 0.6 is 0 Å². The Balaban J connectivity index is 2.74. The monoisotopic (exact) mass is 265 g/mol. The van der Waals surface area contributed by atoms with Gasteiger partial charge in [0.1, 0.15) is 5.82 Å². The smallest absolute Gasteiger partial charge is 0.383 e. The summed E-state index contributed by atoms with van der Waals surface area (Å²) in [5.41, 5.74) is -0.854. The Morgan fingerprint density at radius 3 is 2.56 bits per heavy atom. The highest BCUT2D eigenvalue weighted by atomic mass is 19.4. The van der Waals surface area contributed by atoms with Gasteiger partial charge in [0.15, 0.2) is 0 Å². The predicted molar refractivity (Wildman–Crippen MR) is 59.6 cm³/mol. The number of alkyl halides is 3. The molecule has 2 nitrogen and oxygen atoms in total. The first-order chi connectivity index (χ1) is 8.34. The summed E-state index contributed by atoms with van der Waals surface area (Å²) < 4.78 is 55.3. The molecule has 1 aromatic carbocycles. The van der Waals surface area contributed by atoms with Crippen LogP contribution in [0.1, 0.15) is 18.1 Å². The van der Waals surface area contributed by atoms with E-state index in [0.29, 0.717) is 12.2 Å². The van der Waals surface area contributed by atoms with Crippen LogP contribution in [0.5, 0.6) is 0 Å². The third-order valence-electron chi connectivity index (χ3n) is 2.41. The van der Waals surface area contributed by atoms with E-state index in [4.69, 9.17) is 4.74 Å². The van der Waals surface area contributed by atoms with E-state index < -0.39 is 17.6 Å². The number of rotatable bonds is 5. The van der Waals surface area contributed by atoms with Crippen molar-refractivity contribution in [3.8, 4) is 0 Å². The third kappa shape index (κ3) is 4.27. The van der Waals surface area contributed by atoms with Crippen molar-refractivity contribution in [2.45, 2.75) is 25.7 Å². The minimum absolute atomic E-state index is 0.00869. The van der Waals surface area contributed by atoms with E-state index in [1.54, 1.807) is 0 Å². The van der Waals surface area contributed by atoms with Gasteiger partial charge >= 0.3 is 6.18 Å². The summed E-state index contributed by atoms with van der Waals surface area (Å²) in [6, 6.07) is 2.99. The Bertz CT molecular complexity index is 392. The van der Waals surface area contributed by atoms with Crippen LogP contribution in [0.3, 0.4) is 0 Å². The van der Waals surface area contributed by atoms with Crippen LogP contribution in [0.25, 0.3) is 0 Å². The topological polar surface area (TPSA) is 21.3 Å². The molecule has 0 bridgehead atoms. The van der Waals surface area contributed by atoms with Crippen LogP contribution in [0, 0.1) is 5.82 Å². The summed E-state index contributed by atoms with van der Waals surface area (Å²) >= 11 is 0. The van der Waals surface area contributed by atoms with E-state index in [1.165, 1.54) is 13.2 Å². The van der Waals surface area contributed by atoms with Gasteiger partial charge in [-0.2, -0.15) is 13.2 Å². The summed E-state index contributed by atoms with van der Waals surface area (Å²) in [5, 5.41) is 2.98. The fourth-order valence-corrected chi connectivity index (χ4v) is 1.50. The molecular formula is C12H15F4NO. The Kier molecular flexibility index (Phi) is 5.10. The van der Waals surface area contributed by atoms with Gasteiger partial charge in [0.05, 0.1) is 12.2 Å². The van der Waals surface area contributed by atoms with Gasteiger partial charge in [0.2, 0.25) is 0 Å². The van der Waals surface area contributed by atoms with Crippen LogP contribution < -0.4 is 5.32 Å². The standard InChI is InChI=1S/C12H15F4NO/c1-8(7-18-2)17-6-9-3-4-11(13)10(5-9)12(14,15)16/h3-5,8,17H,6-7H2,1-2H3. The second-order valence-electron chi connectivity index (χ2n) is 4.05. The zero-order valence-electron chi connectivity index (χ0n) is 10.1. The maximum Gasteiger partial charge on any atom is 0.419 e.